The first-order valence-corrected chi connectivity index (χ1v) is 12.1. The Labute approximate surface area is 206 Å². The number of hydrogen-bond acceptors (Lipinski definition) is 9. The molecule has 1 fully saturated rings. The van der Waals surface area contributed by atoms with E-state index >= 15 is 0 Å². The molecule has 9 heteroatoms. The van der Waals surface area contributed by atoms with Crippen molar-refractivity contribution in [3.05, 3.63) is 41.3 Å². The molecule has 0 radical (unpaired) electrons. The van der Waals surface area contributed by atoms with Gasteiger partial charge in [-0.15, -0.1) is 0 Å². The van der Waals surface area contributed by atoms with E-state index in [9.17, 15) is 5.11 Å². The molecule has 3 atom stereocenters. The maximum atomic E-state index is 9.99. The first kappa shape index (κ1) is 25.1. The molecular weight excluding hydrogens is 446 g/mol. The van der Waals surface area contributed by atoms with Crippen molar-refractivity contribution in [2.45, 2.75) is 58.3 Å². The summed E-state index contributed by atoms with van der Waals surface area (Å²) in [4.78, 5) is 9.87. The van der Waals surface area contributed by atoms with Gasteiger partial charge in [-0.25, -0.2) is 9.97 Å². The highest BCUT2D eigenvalue weighted by molar-refractivity contribution is 5.74. The molecule has 1 saturated carbocycles. The number of likely N-dealkylation sites (N-methyl/N-ethyl adjacent to an activating group) is 1. The fraction of sp³-hybridized carbons (Fsp3) is 0.500. The predicted octanol–water partition coefficient (Wildman–Crippen LogP) is 3.66. The molecule has 0 bridgehead atoms. The zero-order valence-electron chi connectivity index (χ0n) is 21.1. The fourth-order valence-electron chi connectivity index (χ4n) is 4.54. The van der Waals surface area contributed by atoms with Crippen molar-refractivity contribution in [3.63, 3.8) is 0 Å². The SMILES string of the molecule is CNCC(O)COc1cccc(-c2nc(NC3CCC(OC)C3)c(C)c(-c3c(C)noc3C)n2)c1. The zero-order valence-corrected chi connectivity index (χ0v) is 21.1. The van der Waals surface area contributed by atoms with Crippen molar-refractivity contribution in [1.29, 1.82) is 0 Å². The standard InChI is InChI=1S/C26H35N5O4/c1-15-24(23-16(2)31-35-17(23)3)29-26(30-25(15)28-19-9-10-21(12-19)33-5)18-7-6-8-22(11-18)34-14-20(32)13-27-4/h6-8,11,19-21,27,32H,9-10,12-14H2,1-5H3,(H,28,29,30). The van der Waals surface area contributed by atoms with Crippen LogP contribution in [0.15, 0.2) is 28.8 Å². The normalized spacial score (nSPS) is 18.6. The second-order valence-electron chi connectivity index (χ2n) is 9.13. The molecule has 35 heavy (non-hydrogen) atoms. The number of nitrogens with one attached hydrogen (secondary N) is 2. The average molecular weight is 482 g/mol. The van der Waals surface area contributed by atoms with Crippen LogP contribution in [0.5, 0.6) is 5.75 Å². The van der Waals surface area contributed by atoms with E-state index in [1.807, 2.05) is 45.0 Å². The van der Waals surface area contributed by atoms with Gasteiger partial charge in [-0.05, 0) is 59.2 Å². The van der Waals surface area contributed by atoms with Gasteiger partial charge in [0.05, 0.1) is 23.1 Å². The fourth-order valence-corrected chi connectivity index (χ4v) is 4.54. The second kappa shape index (κ2) is 11.2. The molecule has 3 unspecified atom stereocenters. The number of ether oxygens (including phenoxy) is 2. The third-order valence-corrected chi connectivity index (χ3v) is 6.45. The summed E-state index contributed by atoms with van der Waals surface area (Å²) in [5.41, 5.74) is 4.25. The zero-order chi connectivity index (χ0) is 24.9. The molecule has 3 N–H and O–H groups in total. The van der Waals surface area contributed by atoms with Gasteiger partial charge in [-0.3, -0.25) is 0 Å². The number of benzene rings is 1. The van der Waals surface area contributed by atoms with Crippen molar-refractivity contribution >= 4 is 5.82 Å². The van der Waals surface area contributed by atoms with E-state index in [4.69, 9.17) is 24.0 Å². The van der Waals surface area contributed by atoms with Crippen molar-refractivity contribution in [2.24, 2.45) is 0 Å². The Kier molecular flexibility index (Phi) is 8.00. The van der Waals surface area contributed by atoms with Gasteiger partial charge in [0.25, 0.3) is 0 Å². The molecule has 1 aliphatic rings. The van der Waals surface area contributed by atoms with Crippen LogP contribution in [0.4, 0.5) is 5.82 Å². The molecule has 4 rings (SSSR count). The monoisotopic (exact) mass is 481 g/mol. The molecule has 0 aliphatic heterocycles. The molecule has 2 heterocycles. The largest absolute Gasteiger partial charge is 0.491 e. The van der Waals surface area contributed by atoms with E-state index in [-0.39, 0.29) is 18.8 Å². The molecule has 3 aromatic rings. The third-order valence-electron chi connectivity index (χ3n) is 6.45. The second-order valence-corrected chi connectivity index (χ2v) is 9.13. The van der Waals surface area contributed by atoms with E-state index in [1.54, 1.807) is 14.2 Å². The Morgan fingerprint density at radius 3 is 2.71 bits per heavy atom. The number of rotatable bonds is 10. The number of aromatic nitrogens is 3. The minimum absolute atomic E-state index is 0.193. The summed E-state index contributed by atoms with van der Waals surface area (Å²) in [5.74, 6) is 2.74. The van der Waals surface area contributed by atoms with Crippen LogP contribution in [0.25, 0.3) is 22.6 Å². The lowest BCUT2D eigenvalue weighted by molar-refractivity contribution is 0.108. The van der Waals surface area contributed by atoms with Gasteiger partial charge in [0.15, 0.2) is 5.82 Å². The third kappa shape index (κ3) is 5.80. The van der Waals surface area contributed by atoms with Crippen LogP contribution in [0.1, 0.15) is 36.3 Å². The van der Waals surface area contributed by atoms with Crippen LogP contribution in [0.3, 0.4) is 0 Å². The molecule has 0 saturated heterocycles. The Hall–Kier alpha value is -3.01. The molecule has 1 aliphatic carbocycles. The summed E-state index contributed by atoms with van der Waals surface area (Å²) in [6.07, 6.45) is 2.66. The number of methoxy groups -OCH3 is 1. The lowest BCUT2D eigenvalue weighted by Crippen LogP contribution is -2.29. The highest BCUT2D eigenvalue weighted by Gasteiger charge is 2.27. The van der Waals surface area contributed by atoms with Crippen LogP contribution in [-0.4, -0.2) is 65.8 Å². The lowest BCUT2D eigenvalue weighted by atomic mass is 10.0. The van der Waals surface area contributed by atoms with Gasteiger partial charge in [0.1, 0.15) is 30.0 Å². The molecule has 2 aromatic heterocycles. The van der Waals surface area contributed by atoms with Crippen LogP contribution < -0.4 is 15.4 Å². The first-order valence-electron chi connectivity index (χ1n) is 12.1. The maximum absolute atomic E-state index is 9.99. The van der Waals surface area contributed by atoms with E-state index in [0.29, 0.717) is 18.1 Å². The molecule has 188 valence electrons. The first-order chi connectivity index (χ1) is 16.9. The summed E-state index contributed by atoms with van der Waals surface area (Å²) < 4.78 is 16.8. The lowest BCUT2D eigenvalue weighted by Gasteiger charge is -2.18. The number of aryl methyl sites for hydroxylation is 2. The summed E-state index contributed by atoms with van der Waals surface area (Å²) in [6, 6.07) is 7.90. The number of aliphatic hydroxyl groups excluding tert-OH is 1. The molecule has 0 spiro atoms. The number of anilines is 1. The van der Waals surface area contributed by atoms with E-state index in [2.05, 4.69) is 15.8 Å². The maximum Gasteiger partial charge on any atom is 0.162 e. The van der Waals surface area contributed by atoms with E-state index in [1.165, 1.54) is 0 Å². The summed E-state index contributed by atoms with van der Waals surface area (Å²) >= 11 is 0. The highest BCUT2D eigenvalue weighted by atomic mass is 16.5. The van der Waals surface area contributed by atoms with Crippen molar-refractivity contribution in [1.82, 2.24) is 20.4 Å². The van der Waals surface area contributed by atoms with Crippen LogP contribution >= 0.6 is 0 Å². The summed E-state index contributed by atoms with van der Waals surface area (Å²) in [5, 5.41) is 20.7. The van der Waals surface area contributed by atoms with Gasteiger partial charge in [-0.1, -0.05) is 17.3 Å². The Morgan fingerprint density at radius 1 is 1.20 bits per heavy atom. The van der Waals surface area contributed by atoms with Crippen molar-refractivity contribution < 1.29 is 19.1 Å². The Balaban J connectivity index is 1.70. The molecule has 0 amide bonds. The molecule has 9 nitrogen and oxygen atoms in total. The van der Waals surface area contributed by atoms with Gasteiger partial charge >= 0.3 is 0 Å². The van der Waals surface area contributed by atoms with Crippen LogP contribution in [0.2, 0.25) is 0 Å². The van der Waals surface area contributed by atoms with Gasteiger partial charge < -0.3 is 29.7 Å². The van der Waals surface area contributed by atoms with Crippen molar-refractivity contribution in [3.8, 4) is 28.4 Å². The predicted molar refractivity (Wildman–Crippen MR) is 135 cm³/mol. The quantitative estimate of drug-likeness (QED) is 0.399. The topological polar surface area (TPSA) is 115 Å². The summed E-state index contributed by atoms with van der Waals surface area (Å²) in [6.45, 7) is 6.50. The van der Waals surface area contributed by atoms with E-state index < -0.39 is 6.10 Å². The number of aliphatic hydroxyl groups is 1. The minimum atomic E-state index is -0.594. The Morgan fingerprint density at radius 2 is 2.03 bits per heavy atom. The van der Waals surface area contributed by atoms with Crippen LogP contribution in [-0.2, 0) is 4.74 Å². The minimum Gasteiger partial charge on any atom is -0.491 e. The molecular formula is C26H35N5O4. The number of hydrogen-bond donors (Lipinski definition) is 3. The van der Waals surface area contributed by atoms with Gasteiger partial charge in [0, 0.05) is 30.8 Å². The van der Waals surface area contributed by atoms with Gasteiger partial charge in [-0.2, -0.15) is 0 Å². The Bertz CT molecular complexity index is 1130. The van der Waals surface area contributed by atoms with E-state index in [0.717, 1.165) is 58.9 Å². The van der Waals surface area contributed by atoms with Gasteiger partial charge in [0.2, 0.25) is 0 Å². The molecule has 1 aromatic carbocycles. The highest BCUT2D eigenvalue weighted by Crippen LogP contribution is 2.35. The number of nitrogens with zero attached hydrogens (tertiary/aromatic N) is 3. The summed E-state index contributed by atoms with van der Waals surface area (Å²) in [7, 11) is 3.56. The smallest absolute Gasteiger partial charge is 0.162 e. The average Bonchev–Trinajstić information content (AvgIpc) is 3.45. The van der Waals surface area contributed by atoms with Crippen LogP contribution in [0, 0.1) is 20.8 Å². The van der Waals surface area contributed by atoms with Crippen molar-refractivity contribution in [2.75, 3.05) is 32.6 Å².